The number of rotatable bonds is 11. The second kappa shape index (κ2) is 11.6. The van der Waals surface area contributed by atoms with E-state index in [4.69, 9.17) is 12.2 Å². The number of nitrogens with one attached hydrogen (secondary N) is 1. The predicted octanol–water partition coefficient (Wildman–Crippen LogP) is 3.63. The number of hydrogen-bond acceptors (Lipinski definition) is 3. The average Bonchev–Trinajstić information content (AvgIpc) is 3.15. The van der Waals surface area contributed by atoms with E-state index in [9.17, 15) is 0 Å². The number of hydrogen-bond donors (Lipinski definition) is 1. The Bertz CT molecular complexity index is 585. The van der Waals surface area contributed by atoms with Gasteiger partial charge in [-0.2, -0.15) is 0 Å². The minimum atomic E-state index is 0.790. The number of imidazole rings is 1. The van der Waals surface area contributed by atoms with Crippen molar-refractivity contribution in [2.75, 3.05) is 13.1 Å². The maximum atomic E-state index is 5.64. The van der Waals surface area contributed by atoms with Gasteiger partial charge in [0.25, 0.3) is 0 Å². The minimum Gasteiger partial charge on any atom is -0.363 e. The lowest BCUT2D eigenvalue weighted by atomic mass is 10.2. The van der Waals surface area contributed by atoms with Crippen LogP contribution in [0.1, 0.15) is 44.6 Å². The van der Waals surface area contributed by atoms with E-state index in [1.165, 1.54) is 31.2 Å². The third-order valence-electron chi connectivity index (χ3n) is 4.09. The molecule has 5 nitrogen and oxygen atoms in total. The molecule has 0 atom stereocenters. The van der Waals surface area contributed by atoms with E-state index >= 15 is 0 Å². The quantitative estimate of drug-likeness (QED) is 0.490. The van der Waals surface area contributed by atoms with Crippen molar-refractivity contribution in [2.45, 2.75) is 52.1 Å². The molecule has 0 aliphatic carbocycles. The molecular weight excluding hydrogens is 330 g/mol. The molecule has 0 aliphatic rings. The van der Waals surface area contributed by atoms with E-state index in [1.54, 1.807) is 6.20 Å². The number of aromatic nitrogens is 3. The van der Waals surface area contributed by atoms with Gasteiger partial charge in [-0.05, 0) is 36.7 Å². The highest BCUT2D eigenvalue weighted by molar-refractivity contribution is 7.80. The fourth-order valence-electron chi connectivity index (χ4n) is 2.69. The zero-order valence-electron chi connectivity index (χ0n) is 15.1. The minimum absolute atomic E-state index is 0.790. The summed E-state index contributed by atoms with van der Waals surface area (Å²) in [5.41, 5.74) is 1.18. The van der Waals surface area contributed by atoms with Crippen LogP contribution in [-0.2, 0) is 13.1 Å². The molecule has 0 saturated heterocycles. The topological polar surface area (TPSA) is 46.0 Å². The highest BCUT2D eigenvalue weighted by Gasteiger charge is 2.10. The summed E-state index contributed by atoms with van der Waals surface area (Å²) in [6.07, 6.45) is 15.4. The second-order valence-corrected chi connectivity index (χ2v) is 6.62. The van der Waals surface area contributed by atoms with E-state index < -0.39 is 0 Å². The Balaban J connectivity index is 1.83. The summed E-state index contributed by atoms with van der Waals surface area (Å²) in [5, 5.41) is 4.26. The molecule has 2 aromatic heterocycles. The maximum Gasteiger partial charge on any atom is 0.169 e. The number of nitrogens with zero attached hydrogens (tertiary/aromatic N) is 4. The van der Waals surface area contributed by atoms with Crippen LogP contribution < -0.4 is 5.32 Å². The van der Waals surface area contributed by atoms with Crippen molar-refractivity contribution in [1.82, 2.24) is 24.8 Å². The predicted molar refractivity (Wildman–Crippen MR) is 106 cm³/mol. The second-order valence-electron chi connectivity index (χ2n) is 6.23. The lowest BCUT2D eigenvalue weighted by Crippen LogP contribution is -2.40. The van der Waals surface area contributed by atoms with Crippen LogP contribution >= 0.6 is 12.2 Å². The van der Waals surface area contributed by atoms with E-state index in [2.05, 4.69) is 37.7 Å². The van der Waals surface area contributed by atoms with Crippen molar-refractivity contribution < 1.29 is 0 Å². The molecule has 0 bridgehead atoms. The molecule has 136 valence electrons. The van der Waals surface area contributed by atoms with Gasteiger partial charge in [-0.25, -0.2) is 4.98 Å². The van der Waals surface area contributed by atoms with Gasteiger partial charge < -0.3 is 14.8 Å². The van der Waals surface area contributed by atoms with Gasteiger partial charge in [0.15, 0.2) is 5.11 Å². The molecule has 0 aliphatic heterocycles. The van der Waals surface area contributed by atoms with Gasteiger partial charge in [0.1, 0.15) is 0 Å². The van der Waals surface area contributed by atoms with Crippen LogP contribution in [0, 0.1) is 0 Å². The lowest BCUT2D eigenvalue weighted by Gasteiger charge is -2.26. The van der Waals surface area contributed by atoms with Crippen LogP contribution in [0.25, 0.3) is 0 Å². The van der Waals surface area contributed by atoms with Crippen LogP contribution in [0.3, 0.4) is 0 Å². The summed E-state index contributed by atoms with van der Waals surface area (Å²) in [6.45, 7) is 5.83. The molecule has 0 spiro atoms. The highest BCUT2D eigenvalue weighted by Crippen LogP contribution is 2.06. The molecule has 2 heterocycles. The van der Waals surface area contributed by atoms with Crippen molar-refractivity contribution in [2.24, 2.45) is 0 Å². The third-order valence-corrected chi connectivity index (χ3v) is 4.50. The third kappa shape index (κ3) is 7.65. The zero-order chi connectivity index (χ0) is 17.7. The number of pyridine rings is 1. The molecule has 25 heavy (non-hydrogen) atoms. The van der Waals surface area contributed by atoms with E-state index in [1.807, 2.05) is 31.0 Å². The summed E-state index contributed by atoms with van der Waals surface area (Å²) < 4.78 is 2.10. The Morgan fingerprint density at radius 3 is 2.84 bits per heavy atom. The van der Waals surface area contributed by atoms with Gasteiger partial charge in [0.2, 0.25) is 0 Å². The van der Waals surface area contributed by atoms with Gasteiger partial charge >= 0.3 is 0 Å². The molecule has 0 aromatic carbocycles. The maximum absolute atomic E-state index is 5.64. The molecular formula is C19H29N5S. The number of thiocarbonyl (C=S) groups is 1. The Hall–Kier alpha value is -1.95. The molecule has 2 rings (SSSR count). The first-order valence-corrected chi connectivity index (χ1v) is 9.58. The van der Waals surface area contributed by atoms with Crippen LogP contribution in [0.5, 0.6) is 0 Å². The van der Waals surface area contributed by atoms with E-state index in [0.717, 1.165) is 37.7 Å². The van der Waals surface area contributed by atoms with Crippen LogP contribution in [0.15, 0.2) is 43.2 Å². The summed E-state index contributed by atoms with van der Waals surface area (Å²) >= 11 is 5.64. The van der Waals surface area contributed by atoms with Gasteiger partial charge in [-0.15, -0.1) is 0 Å². The first-order valence-electron chi connectivity index (χ1n) is 9.17. The number of unbranched alkanes of at least 4 members (excludes halogenated alkanes) is 3. The Kier molecular flexibility index (Phi) is 8.97. The van der Waals surface area contributed by atoms with Crippen molar-refractivity contribution in [3.05, 3.63) is 48.8 Å². The van der Waals surface area contributed by atoms with Crippen LogP contribution in [0.2, 0.25) is 0 Å². The average molecular weight is 360 g/mol. The van der Waals surface area contributed by atoms with Crippen LogP contribution in [-0.4, -0.2) is 37.6 Å². The molecule has 1 N–H and O–H groups in total. The van der Waals surface area contributed by atoms with Crippen molar-refractivity contribution in [3.63, 3.8) is 0 Å². The molecule has 2 aromatic rings. The van der Waals surface area contributed by atoms with Crippen molar-refractivity contribution >= 4 is 17.3 Å². The summed E-state index contributed by atoms with van der Waals surface area (Å²) in [6, 6.07) is 4.07. The fraction of sp³-hybridized carbons (Fsp3) is 0.526. The number of aryl methyl sites for hydroxylation is 1. The van der Waals surface area contributed by atoms with E-state index in [0.29, 0.717) is 0 Å². The molecule has 0 fully saturated rings. The first-order chi connectivity index (χ1) is 12.3. The molecule has 0 saturated carbocycles. The summed E-state index contributed by atoms with van der Waals surface area (Å²) in [4.78, 5) is 10.5. The summed E-state index contributed by atoms with van der Waals surface area (Å²) in [7, 11) is 0. The lowest BCUT2D eigenvalue weighted by molar-refractivity contribution is 0.383. The molecule has 0 amide bonds. The van der Waals surface area contributed by atoms with Crippen LogP contribution in [0.4, 0.5) is 0 Å². The monoisotopic (exact) mass is 359 g/mol. The standard InChI is InChI=1S/C19H29N5S/c1-2-3-4-5-10-22-19(25)24(16-18-8-6-9-20-15-18)13-7-12-23-14-11-21-17-23/h6,8-9,11,14-15,17H,2-5,7,10,12-13,16H2,1H3,(H,22,25). The fourth-order valence-corrected chi connectivity index (χ4v) is 2.94. The summed E-state index contributed by atoms with van der Waals surface area (Å²) in [5.74, 6) is 0. The normalized spacial score (nSPS) is 10.6. The van der Waals surface area contributed by atoms with Crippen molar-refractivity contribution in [1.29, 1.82) is 0 Å². The molecule has 0 radical (unpaired) electrons. The first kappa shape index (κ1) is 19.4. The largest absolute Gasteiger partial charge is 0.363 e. The van der Waals surface area contributed by atoms with Gasteiger partial charge in [-0.3, -0.25) is 4.98 Å². The van der Waals surface area contributed by atoms with Crippen molar-refractivity contribution in [3.8, 4) is 0 Å². The SMILES string of the molecule is CCCCCCNC(=S)N(CCCn1ccnc1)Cc1cccnc1. The highest BCUT2D eigenvalue weighted by atomic mass is 32.1. The van der Waals surface area contributed by atoms with Gasteiger partial charge in [0, 0.05) is 51.0 Å². The smallest absolute Gasteiger partial charge is 0.169 e. The Labute approximate surface area is 156 Å². The zero-order valence-corrected chi connectivity index (χ0v) is 15.9. The van der Waals surface area contributed by atoms with Gasteiger partial charge in [0.05, 0.1) is 6.33 Å². The van der Waals surface area contributed by atoms with Gasteiger partial charge in [-0.1, -0.05) is 32.3 Å². The molecule has 0 unspecified atom stereocenters. The van der Waals surface area contributed by atoms with E-state index in [-0.39, 0.29) is 0 Å². The Morgan fingerprint density at radius 2 is 2.12 bits per heavy atom. The Morgan fingerprint density at radius 1 is 1.20 bits per heavy atom. The molecule has 6 heteroatoms.